The molecule has 3 aromatic heterocycles. The average molecular weight is 478 g/mol. The van der Waals surface area contributed by atoms with E-state index in [-0.39, 0.29) is 5.91 Å². The summed E-state index contributed by atoms with van der Waals surface area (Å²) >= 11 is 7.84. The van der Waals surface area contributed by atoms with Gasteiger partial charge in [-0.15, -0.1) is 11.3 Å². The van der Waals surface area contributed by atoms with Crippen molar-refractivity contribution >= 4 is 45.7 Å². The highest BCUT2D eigenvalue weighted by Gasteiger charge is 2.46. The Morgan fingerprint density at radius 3 is 2.88 bits per heavy atom. The fraction of sp³-hybridized carbons (Fsp3) is 0.500. The number of aliphatic hydroxyl groups is 2. The zero-order valence-electron chi connectivity index (χ0n) is 17.9. The highest BCUT2D eigenvalue weighted by Crippen LogP contribution is 2.37. The topological polar surface area (TPSA) is 112 Å². The number of thiophene rings is 1. The van der Waals surface area contributed by atoms with Crippen LogP contribution in [0.15, 0.2) is 30.0 Å². The third-order valence-corrected chi connectivity index (χ3v) is 7.44. The minimum atomic E-state index is -1.12. The van der Waals surface area contributed by atoms with Gasteiger partial charge in [-0.2, -0.15) is 0 Å². The van der Waals surface area contributed by atoms with Gasteiger partial charge in [-0.1, -0.05) is 11.6 Å². The van der Waals surface area contributed by atoms with E-state index in [4.69, 9.17) is 11.6 Å². The summed E-state index contributed by atoms with van der Waals surface area (Å²) in [6.07, 6.45) is 4.45. The predicted octanol–water partition coefficient (Wildman–Crippen LogP) is 3.00. The van der Waals surface area contributed by atoms with Crippen LogP contribution in [0.5, 0.6) is 0 Å². The first kappa shape index (κ1) is 23.0. The number of hydrogen-bond donors (Lipinski definition) is 4. The Morgan fingerprint density at radius 1 is 1.28 bits per heavy atom. The summed E-state index contributed by atoms with van der Waals surface area (Å²) in [6, 6.07) is 3.34. The minimum Gasteiger partial charge on any atom is -0.390 e. The van der Waals surface area contributed by atoms with Gasteiger partial charge in [0.25, 0.3) is 0 Å². The minimum absolute atomic E-state index is 0.245. The predicted molar refractivity (Wildman–Crippen MR) is 126 cm³/mol. The summed E-state index contributed by atoms with van der Waals surface area (Å²) in [7, 11) is 0. The van der Waals surface area contributed by atoms with Crippen LogP contribution < -0.4 is 10.6 Å². The van der Waals surface area contributed by atoms with Crippen molar-refractivity contribution in [2.24, 2.45) is 5.92 Å². The van der Waals surface area contributed by atoms with Gasteiger partial charge in [-0.3, -0.25) is 4.79 Å². The Morgan fingerprint density at radius 2 is 2.12 bits per heavy atom. The Hall–Kier alpha value is -2.20. The normalized spacial score (nSPS) is 23.0. The first-order valence-electron chi connectivity index (χ1n) is 10.9. The molecule has 172 valence electrons. The van der Waals surface area contributed by atoms with Gasteiger partial charge in [-0.25, -0.2) is 9.97 Å². The number of carbonyl (C=O) groups excluding carboxylic acids is 1. The van der Waals surface area contributed by atoms with Crippen molar-refractivity contribution in [1.29, 1.82) is 0 Å². The van der Waals surface area contributed by atoms with E-state index in [1.165, 1.54) is 4.88 Å². The molecule has 1 fully saturated rings. The van der Waals surface area contributed by atoms with Crippen molar-refractivity contribution in [2.45, 2.75) is 50.9 Å². The maximum Gasteiger partial charge on any atom is 0.225 e. The lowest BCUT2D eigenvalue weighted by molar-refractivity contribution is -0.128. The number of hydrogen-bond acceptors (Lipinski definition) is 7. The number of carbonyl (C=O) groups is 1. The third-order valence-electron chi connectivity index (χ3n) is 5.99. The molecule has 4 atom stereocenters. The van der Waals surface area contributed by atoms with Crippen molar-refractivity contribution in [3.05, 3.63) is 39.9 Å². The smallest absolute Gasteiger partial charge is 0.225 e. The standard InChI is InChI=1S/C22H28ClN5O3S/c1-2-24-22(31)13-11-16(20(30)19(13)29)28-12-27-18-15(6-9-26-21(18)28)25-8-4-3-5-17-14(23)7-10-32-17/h6-7,9-10,12-13,16,19-20,29-30H,2-5,8,11H2,1H3,(H,24,31)(H,25,26). The van der Waals surface area contributed by atoms with Crippen molar-refractivity contribution in [3.8, 4) is 0 Å². The van der Waals surface area contributed by atoms with Crippen LogP contribution in [0.25, 0.3) is 11.2 Å². The summed E-state index contributed by atoms with van der Waals surface area (Å²) in [6.45, 7) is 3.10. The largest absolute Gasteiger partial charge is 0.390 e. The maximum absolute atomic E-state index is 12.3. The Balaban J connectivity index is 1.41. The van der Waals surface area contributed by atoms with E-state index in [9.17, 15) is 15.0 Å². The zero-order valence-corrected chi connectivity index (χ0v) is 19.4. The molecule has 0 radical (unpaired) electrons. The number of aliphatic hydroxyl groups excluding tert-OH is 2. The molecule has 4 rings (SSSR count). The summed E-state index contributed by atoms with van der Waals surface area (Å²) < 4.78 is 1.77. The van der Waals surface area contributed by atoms with Crippen LogP contribution in [-0.2, 0) is 11.2 Å². The molecule has 1 saturated carbocycles. The summed E-state index contributed by atoms with van der Waals surface area (Å²) in [5.41, 5.74) is 2.20. The second-order valence-electron chi connectivity index (χ2n) is 8.04. The number of fused-ring (bicyclic) bond motifs is 1. The molecule has 4 unspecified atom stereocenters. The molecule has 8 nitrogen and oxygen atoms in total. The molecule has 0 spiro atoms. The van der Waals surface area contributed by atoms with Crippen molar-refractivity contribution in [3.63, 3.8) is 0 Å². The number of pyridine rings is 1. The SMILES string of the molecule is CCNC(=O)C1CC(n2cnc3c(NCCCCc4sccc4Cl)ccnc32)C(O)C1O. The average Bonchev–Trinajstić information content (AvgIpc) is 3.47. The fourth-order valence-electron chi connectivity index (χ4n) is 4.31. The van der Waals surface area contributed by atoms with Gasteiger partial charge >= 0.3 is 0 Å². The summed E-state index contributed by atoms with van der Waals surface area (Å²) in [4.78, 5) is 22.4. The van der Waals surface area contributed by atoms with Crippen LogP contribution >= 0.6 is 22.9 Å². The monoisotopic (exact) mass is 477 g/mol. The van der Waals surface area contributed by atoms with E-state index in [0.29, 0.717) is 24.1 Å². The van der Waals surface area contributed by atoms with E-state index < -0.39 is 24.2 Å². The van der Waals surface area contributed by atoms with E-state index in [1.807, 2.05) is 24.4 Å². The number of aryl methyl sites for hydroxylation is 1. The Kier molecular flexibility index (Phi) is 7.30. The van der Waals surface area contributed by atoms with Crippen LogP contribution in [-0.4, -0.2) is 56.0 Å². The van der Waals surface area contributed by atoms with Gasteiger partial charge in [0, 0.05) is 24.2 Å². The van der Waals surface area contributed by atoms with E-state index in [1.54, 1.807) is 28.4 Å². The maximum atomic E-state index is 12.3. The molecule has 1 amide bonds. The number of amides is 1. The fourth-order valence-corrected chi connectivity index (χ4v) is 5.48. The number of imidazole rings is 1. The molecule has 3 aromatic rings. The van der Waals surface area contributed by atoms with Gasteiger partial charge in [0.05, 0.1) is 35.1 Å². The Labute approximate surface area is 195 Å². The molecule has 4 N–H and O–H groups in total. The quantitative estimate of drug-likeness (QED) is 0.352. The lowest BCUT2D eigenvalue weighted by atomic mass is 10.0. The highest BCUT2D eigenvalue weighted by atomic mass is 35.5. The molecule has 0 aromatic carbocycles. The number of rotatable bonds is 9. The first-order valence-corrected chi connectivity index (χ1v) is 12.2. The van der Waals surface area contributed by atoms with Crippen molar-refractivity contribution < 1.29 is 15.0 Å². The van der Waals surface area contributed by atoms with Gasteiger partial charge < -0.3 is 25.4 Å². The number of anilines is 1. The van der Waals surface area contributed by atoms with Crippen LogP contribution in [0.2, 0.25) is 5.02 Å². The number of aromatic nitrogens is 3. The van der Waals surface area contributed by atoms with Crippen LogP contribution in [0.4, 0.5) is 5.69 Å². The summed E-state index contributed by atoms with van der Waals surface area (Å²) in [5.74, 6) is -0.907. The molecular formula is C22H28ClN5O3S. The molecule has 0 saturated heterocycles. The number of unbranched alkanes of at least 4 members (excludes halogenated alkanes) is 1. The number of halogens is 1. The third kappa shape index (κ3) is 4.61. The number of nitrogens with zero attached hydrogens (tertiary/aromatic N) is 3. The Bertz CT molecular complexity index is 1070. The van der Waals surface area contributed by atoms with Crippen LogP contribution in [0, 0.1) is 5.92 Å². The molecule has 1 aliphatic rings. The van der Waals surface area contributed by atoms with E-state index in [0.717, 1.165) is 36.5 Å². The van der Waals surface area contributed by atoms with Crippen molar-refractivity contribution in [1.82, 2.24) is 19.9 Å². The van der Waals surface area contributed by atoms with Crippen LogP contribution in [0.3, 0.4) is 0 Å². The van der Waals surface area contributed by atoms with E-state index >= 15 is 0 Å². The summed E-state index contributed by atoms with van der Waals surface area (Å²) in [5, 5.41) is 30.0. The van der Waals surface area contributed by atoms with Crippen molar-refractivity contribution in [2.75, 3.05) is 18.4 Å². The molecule has 0 bridgehead atoms. The molecule has 10 heteroatoms. The second-order valence-corrected chi connectivity index (χ2v) is 9.45. The highest BCUT2D eigenvalue weighted by molar-refractivity contribution is 7.10. The van der Waals surface area contributed by atoms with Gasteiger partial charge in [-0.05, 0) is 50.1 Å². The zero-order chi connectivity index (χ0) is 22.7. The second kappa shape index (κ2) is 10.2. The van der Waals surface area contributed by atoms with Gasteiger partial charge in [0.15, 0.2) is 5.65 Å². The molecule has 1 aliphatic carbocycles. The van der Waals surface area contributed by atoms with E-state index in [2.05, 4.69) is 20.6 Å². The molecular weight excluding hydrogens is 450 g/mol. The lowest BCUT2D eigenvalue weighted by Crippen LogP contribution is -2.38. The lowest BCUT2D eigenvalue weighted by Gasteiger charge is -2.18. The molecule has 32 heavy (non-hydrogen) atoms. The number of nitrogens with one attached hydrogen (secondary N) is 2. The molecule has 0 aliphatic heterocycles. The first-order chi connectivity index (χ1) is 15.5. The van der Waals surface area contributed by atoms with Gasteiger partial charge in [0.1, 0.15) is 11.6 Å². The molecule has 3 heterocycles. The van der Waals surface area contributed by atoms with Crippen LogP contribution in [0.1, 0.15) is 37.1 Å². The van der Waals surface area contributed by atoms with Gasteiger partial charge in [0.2, 0.25) is 5.91 Å².